The number of hydrogen-bond acceptors (Lipinski definition) is 8. The zero-order valence-electron chi connectivity index (χ0n) is 82.8. The fraction of sp³-hybridized carbons (Fsp3) is 0.333. The normalized spacial score (nSPS) is 18.6. The summed E-state index contributed by atoms with van der Waals surface area (Å²) in [5.41, 5.74) is 21.6. The van der Waals surface area contributed by atoms with Gasteiger partial charge in [-0.15, -0.1) is 0 Å². The lowest BCUT2D eigenvalue weighted by molar-refractivity contribution is -0.661. The Kier molecular flexibility index (Phi) is 15.5. The van der Waals surface area contributed by atoms with Gasteiger partial charge in [0.25, 0.3) is 0 Å². The van der Waals surface area contributed by atoms with E-state index in [1.165, 1.54) is 26.3 Å². The van der Waals surface area contributed by atoms with Gasteiger partial charge in [-0.25, -0.2) is 38.2 Å². The molecule has 17 rings (SSSR count). The second-order valence-corrected chi connectivity index (χ2v) is 29.2. The van der Waals surface area contributed by atoms with Crippen LogP contribution in [0.5, 0.6) is 0 Å². The van der Waals surface area contributed by atoms with Crippen LogP contribution in [0.15, 0.2) is 188 Å². The lowest BCUT2D eigenvalue weighted by atomic mass is 9.86. The van der Waals surface area contributed by atoms with Gasteiger partial charge in [-0.1, -0.05) is 144 Å². The molecule has 12 heteroatoms. The van der Waals surface area contributed by atoms with Crippen molar-refractivity contribution in [2.45, 2.75) is 184 Å². The van der Waals surface area contributed by atoms with Crippen LogP contribution in [0.2, 0.25) is 0 Å². The Bertz CT molecular complexity index is 6970. The number of furan rings is 4. The molecule has 0 radical (unpaired) electrons. The highest BCUT2D eigenvalue weighted by Gasteiger charge is 2.28. The predicted octanol–water partition coefficient (Wildman–Crippen LogP) is 23.7. The maximum Gasteiger partial charge on any atom is 0.227 e. The van der Waals surface area contributed by atoms with Gasteiger partial charge >= 0.3 is 0 Å². The van der Waals surface area contributed by atoms with E-state index in [9.17, 15) is 0 Å². The minimum absolute atomic E-state index is 0.0730. The summed E-state index contributed by atoms with van der Waals surface area (Å²) < 4.78 is 178. The summed E-state index contributed by atoms with van der Waals surface area (Å²) in [4.78, 5) is 18.3. The van der Waals surface area contributed by atoms with Crippen molar-refractivity contribution in [3.63, 3.8) is 0 Å². The van der Waals surface area contributed by atoms with E-state index < -0.39 is 62.8 Å². The zero-order chi connectivity index (χ0) is 92.0. The molecule has 16 aromatic rings. The second kappa shape index (κ2) is 30.5. The predicted molar refractivity (Wildman–Crippen MR) is 442 cm³/mol. The summed E-state index contributed by atoms with van der Waals surface area (Å²) >= 11 is 0. The van der Waals surface area contributed by atoms with E-state index in [1.54, 1.807) is 62.8 Å². The third kappa shape index (κ3) is 14.3. The summed E-state index contributed by atoms with van der Waals surface area (Å²) in [6.45, 7) is 17.0. The van der Waals surface area contributed by atoms with Crippen LogP contribution in [0.25, 0.3) is 133 Å². The van der Waals surface area contributed by atoms with Crippen molar-refractivity contribution in [2.24, 2.45) is 28.2 Å². The van der Waals surface area contributed by atoms with Gasteiger partial charge in [0.15, 0.2) is 47.1 Å². The van der Waals surface area contributed by atoms with Gasteiger partial charge in [-0.2, -0.15) is 0 Å². The number of nitrogens with zero attached hydrogens (tertiary/aromatic N) is 8. The van der Waals surface area contributed by atoms with Gasteiger partial charge in [0.1, 0.15) is 28.2 Å². The van der Waals surface area contributed by atoms with Crippen molar-refractivity contribution in [1.82, 2.24) is 19.9 Å². The fourth-order valence-corrected chi connectivity index (χ4v) is 14.6. The summed E-state index contributed by atoms with van der Waals surface area (Å²) in [5, 5.41) is 7.40. The second-order valence-electron chi connectivity index (χ2n) is 29.2. The van der Waals surface area contributed by atoms with Gasteiger partial charge in [-0.05, 0) is 178 Å². The Labute approximate surface area is 661 Å². The highest BCUT2D eigenvalue weighted by Crippen LogP contribution is 2.43. The molecule has 108 heavy (non-hydrogen) atoms. The minimum atomic E-state index is -2.44. The Hall–Kier alpha value is -10.7. The molecule has 12 aromatic heterocycles. The molecular formula is C96H106N8O4+4. The Morgan fingerprint density at radius 1 is 0.389 bits per heavy atom. The molecule has 12 heterocycles. The molecule has 4 aromatic carbocycles. The lowest BCUT2D eigenvalue weighted by Crippen LogP contribution is -2.31. The quantitative estimate of drug-likeness (QED) is 0.117. The molecule has 12 nitrogen and oxygen atoms in total. The van der Waals surface area contributed by atoms with E-state index in [1.807, 2.05) is 149 Å². The van der Waals surface area contributed by atoms with Crippen molar-refractivity contribution in [1.29, 1.82) is 0 Å². The van der Waals surface area contributed by atoms with Crippen molar-refractivity contribution in [2.75, 3.05) is 0 Å². The Morgan fingerprint density at radius 3 is 1.11 bits per heavy atom. The molecular weight excluding hydrogens is 1330 g/mol. The van der Waals surface area contributed by atoms with Crippen LogP contribution in [-0.4, -0.2) is 19.9 Å². The van der Waals surface area contributed by atoms with Crippen molar-refractivity contribution in [3.8, 4) is 45.0 Å². The molecule has 0 bridgehead atoms. The Balaban J connectivity index is 0.000000137. The number of pyridine rings is 8. The molecule has 1 aliphatic carbocycles. The van der Waals surface area contributed by atoms with Crippen LogP contribution >= 0.6 is 0 Å². The van der Waals surface area contributed by atoms with Crippen LogP contribution in [0.1, 0.15) is 235 Å². The van der Waals surface area contributed by atoms with E-state index in [4.69, 9.17) is 42.3 Å². The van der Waals surface area contributed by atoms with Gasteiger partial charge in [0.2, 0.25) is 45.6 Å². The third-order valence-corrected chi connectivity index (χ3v) is 20.7. The molecule has 1 fully saturated rings. The largest absolute Gasteiger partial charge is 0.437 e. The summed E-state index contributed by atoms with van der Waals surface area (Å²) in [7, 11) is 7.59. The molecule has 0 amide bonds. The Morgan fingerprint density at radius 2 is 0.731 bits per heavy atom. The van der Waals surface area contributed by atoms with Crippen molar-refractivity contribution < 1.29 is 60.6 Å². The van der Waals surface area contributed by atoms with Crippen LogP contribution in [-0.2, 0) is 34.6 Å². The van der Waals surface area contributed by atoms with Crippen LogP contribution < -0.4 is 18.3 Å². The molecule has 550 valence electrons. The monoisotopic (exact) mass is 1450 g/mol. The fourth-order valence-electron chi connectivity index (χ4n) is 14.6. The van der Waals surface area contributed by atoms with E-state index in [-0.39, 0.29) is 18.5 Å². The summed E-state index contributed by atoms with van der Waals surface area (Å²) in [6, 6.07) is 46.5. The highest BCUT2D eigenvalue weighted by molar-refractivity contribution is 6.12. The molecule has 0 N–H and O–H groups in total. The van der Waals surface area contributed by atoms with Gasteiger partial charge < -0.3 is 17.7 Å². The smallest absolute Gasteiger partial charge is 0.227 e. The van der Waals surface area contributed by atoms with E-state index in [0.717, 1.165) is 139 Å². The molecule has 1 saturated carbocycles. The maximum absolute atomic E-state index is 9.01. The van der Waals surface area contributed by atoms with Gasteiger partial charge in [-0.3, -0.25) is 0 Å². The molecule has 0 saturated heterocycles. The van der Waals surface area contributed by atoms with Gasteiger partial charge in [0, 0.05) is 143 Å². The molecule has 0 aliphatic heterocycles. The van der Waals surface area contributed by atoms with Crippen molar-refractivity contribution in [3.05, 3.63) is 238 Å². The van der Waals surface area contributed by atoms with Crippen molar-refractivity contribution >= 4 is 88.3 Å². The lowest BCUT2D eigenvalue weighted by Gasteiger charge is -2.20. The van der Waals surface area contributed by atoms with E-state index in [2.05, 4.69) is 93.9 Å². The minimum Gasteiger partial charge on any atom is -0.437 e. The van der Waals surface area contributed by atoms with E-state index >= 15 is 0 Å². The van der Waals surface area contributed by atoms with E-state index in [0.29, 0.717) is 68.7 Å². The molecule has 1 aliphatic rings. The third-order valence-electron chi connectivity index (χ3n) is 20.7. The average molecular weight is 1450 g/mol. The number of fused-ring (bicyclic) bond motifs is 12. The number of aryl methyl sites for hydroxylation is 10. The first-order valence-corrected chi connectivity index (χ1v) is 36.9. The SMILES string of the molecule is [2H]C(C)(C)c1ccc2c(n1)oc1c(-c3ccc(C([2H])(C)C([2H])([2H])[2H])c[n+]3C)c(C)ccc12.[2H]C([2H])([2H])C([2H])(C)c1ccc(-c2c(C)ccc3c2oc2nc(C)ccc23)[n+](C)c1.[2H]C([2H])([2H])C([2H])(C)c1ccc(-c2c(C)ccc3c2oc2nc(CC)ccc23)[n+](C)c1.[2H]C1([2H])CCCC([2H])([2H])C1([2H])c1ccc2c(n1)oc1c(-c3ccc(C(C)C)c[n+]3C)c(C)ccc12. The molecule has 0 spiro atoms. The first-order chi connectivity index (χ1) is 58.6. The van der Waals surface area contributed by atoms with Gasteiger partial charge in [0.05, 0.1) is 22.3 Å². The standard InChI is InChI=1S/C27H31N2O.C24H27N2O.C23H25N2O.C22H23N2O/c1-17(2)20-11-15-24(29(4)16-20)25-18(3)10-12-21-22-13-14-23(19-8-6-5-7-9-19)28-27(22)30-26(21)25;1-14(2)17-8-12-21(26(6)13-17)22-16(5)7-9-18-19-10-11-20(15(3)4)25-24(19)27-23(18)22;1-6-17-9-11-19-18-10-7-15(4)21(22(18)26-23(19)24-17)20-12-8-16(14(2)3)13-25(20)5;1-13(2)16-8-11-19(24(5)12-16)20-14(3)6-9-17-18-10-7-15(4)23-22(18)25-21(17)20/h10-17,19H,5-9H2,1-4H3;7-15H,1-6H3;7-14H,6H2,1-5H3;6-13H,1-5H3/q4*+1/i8D2,9D2,19D;1D3,14D,15D;2D3,14D;1D3,13D. The number of rotatable bonds is 11. The first-order valence-electron chi connectivity index (χ1n) is 45.9. The molecule has 3 unspecified atom stereocenters. The zero-order valence-corrected chi connectivity index (χ0v) is 64.8. The average Bonchev–Trinajstić information content (AvgIpc) is 1.38. The van der Waals surface area contributed by atoms with Crippen LogP contribution in [0.4, 0.5) is 0 Å². The first kappa shape index (κ1) is 54.8. The summed E-state index contributed by atoms with van der Waals surface area (Å²) in [5.74, 6) is -7.63. The van der Waals surface area contributed by atoms with Crippen LogP contribution in [0, 0.1) is 34.6 Å². The highest BCUT2D eigenvalue weighted by atomic mass is 16.4. The number of benzene rings is 4. The maximum atomic E-state index is 9.01. The molecule has 3 atom stereocenters. The number of hydrogen-bond donors (Lipinski definition) is 0. The topological polar surface area (TPSA) is 120 Å². The van der Waals surface area contributed by atoms with Crippen LogP contribution in [0.3, 0.4) is 0 Å². The summed E-state index contributed by atoms with van der Waals surface area (Å²) in [6.07, 6.45) is 4.69. The number of aromatic nitrogens is 8.